The zero-order valence-electron chi connectivity index (χ0n) is 15.1. The lowest BCUT2D eigenvalue weighted by atomic mass is 10.1. The number of carbonyl (C=O) groups is 3. The van der Waals surface area contributed by atoms with E-state index >= 15 is 0 Å². The van der Waals surface area contributed by atoms with Gasteiger partial charge in [-0.15, -0.1) is 0 Å². The van der Waals surface area contributed by atoms with Crippen LogP contribution in [0.4, 0.5) is 15.8 Å². The second-order valence-electron chi connectivity index (χ2n) is 6.50. The minimum Gasteiger partial charge on any atom is -0.455 e. The lowest BCUT2D eigenvalue weighted by Crippen LogP contribution is -2.28. The summed E-state index contributed by atoms with van der Waals surface area (Å²) in [6.07, 6.45) is -0.0226. The Morgan fingerprint density at radius 1 is 1.25 bits per heavy atom. The molecule has 1 aliphatic heterocycles. The molecule has 1 saturated heterocycles. The predicted octanol–water partition coefficient (Wildman–Crippen LogP) is 3.32. The van der Waals surface area contributed by atoms with Crippen LogP contribution in [0.3, 0.4) is 0 Å². The van der Waals surface area contributed by atoms with Crippen molar-refractivity contribution in [1.29, 1.82) is 0 Å². The Morgan fingerprint density at radius 2 is 1.96 bits per heavy atom. The molecular formula is C20H18ClFN2O4. The zero-order valence-corrected chi connectivity index (χ0v) is 15.8. The molecule has 1 heterocycles. The van der Waals surface area contributed by atoms with Crippen LogP contribution in [-0.2, 0) is 19.1 Å². The number of halogens is 2. The van der Waals surface area contributed by atoms with Crippen LogP contribution in [0, 0.1) is 18.7 Å². The summed E-state index contributed by atoms with van der Waals surface area (Å²) in [5.41, 5.74) is 1.86. The van der Waals surface area contributed by atoms with Crippen LogP contribution in [0.2, 0.25) is 5.02 Å². The third-order valence-corrected chi connectivity index (χ3v) is 4.65. The number of nitrogens with one attached hydrogen (secondary N) is 1. The molecule has 8 heteroatoms. The first-order chi connectivity index (χ1) is 13.3. The van der Waals surface area contributed by atoms with Gasteiger partial charge in [0.25, 0.3) is 5.91 Å². The molecule has 2 amide bonds. The van der Waals surface area contributed by atoms with Gasteiger partial charge in [0.15, 0.2) is 6.61 Å². The van der Waals surface area contributed by atoms with Gasteiger partial charge in [0.05, 0.1) is 5.92 Å². The standard InChI is InChI=1S/C20H18ClFN2O4/c1-12-2-3-14(21)9-17(12)23-18(25)11-28-20(27)13-8-19(26)24(10-13)16-6-4-15(22)5-7-16/h2-7,9,13H,8,10-11H2,1H3,(H,23,25)/t13-/m0/s1. The highest BCUT2D eigenvalue weighted by Crippen LogP contribution is 2.26. The molecule has 2 aromatic carbocycles. The molecule has 0 bridgehead atoms. The summed E-state index contributed by atoms with van der Waals surface area (Å²) in [6.45, 7) is 1.47. The lowest BCUT2D eigenvalue weighted by Gasteiger charge is -2.16. The number of hydrogen-bond acceptors (Lipinski definition) is 4. The monoisotopic (exact) mass is 404 g/mol. The Bertz CT molecular complexity index is 917. The van der Waals surface area contributed by atoms with Crippen molar-refractivity contribution < 1.29 is 23.5 Å². The van der Waals surface area contributed by atoms with Gasteiger partial charge in [-0.2, -0.15) is 0 Å². The van der Waals surface area contributed by atoms with Crippen LogP contribution >= 0.6 is 11.6 Å². The fraction of sp³-hybridized carbons (Fsp3) is 0.250. The third kappa shape index (κ3) is 4.67. The van der Waals surface area contributed by atoms with E-state index in [2.05, 4.69) is 5.32 Å². The maximum Gasteiger partial charge on any atom is 0.311 e. The first-order valence-electron chi connectivity index (χ1n) is 8.62. The first kappa shape index (κ1) is 19.8. The number of esters is 1. The third-order valence-electron chi connectivity index (χ3n) is 4.42. The molecule has 2 aromatic rings. The van der Waals surface area contributed by atoms with Gasteiger partial charge >= 0.3 is 5.97 Å². The van der Waals surface area contributed by atoms with Crippen LogP contribution in [0.15, 0.2) is 42.5 Å². The van der Waals surface area contributed by atoms with E-state index < -0.39 is 30.2 Å². The topological polar surface area (TPSA) is 75.7 Å². The molecule has 1 atom stereocenters. The number of amides is 2. The smallest absolute Gasteiger partial charge is 0.311 e. The molecule has 0 spiro atoms. The average Bonchev–Trinajstić information content (AvgIpc) is 3.05. The Balaban J connectivity index is 1.53. The number of aryl methyl sites for hydroxylation is 1. The molecule has 146 valence electrons. The normalized spacial score (nSPS) is 16.2. The van der Waals surface area contributed by atoms with E-state index in [0.717, 1.165) is 5.56 Å². The van der Waals surface area contributed by atoms with Gasteiger partial charge in [-0.1, -0.05) is 17.7 Å². The van der Waals surface area contributed by atoms with E-state index in [1.807, 2.05) is 6.92 Å². The SMILES string of the molecule is Cc1ccc(Cl)cc1NC(=O)COC(=O)[C@H]1CC(=O)N(c2ccc(F)cc2)C1. The zero-order chi connectivity index (χ0) is 20.3. The number of carbonyl (C=O) groups excluding carboxylic acids is 3. The molecule has 0 saturated carbocycles. The van der Waals surface area contributed by atoms with Crippen molar-refractivity contribution >= 4 is 40.8 Å². The van der Waals surface area contributed by atoms with Crippen molar-refractivity contribution in [3.8, 4) is 0 Å². The van der Waals surface area contributed by atoms with Crippen molar-refractivity contribution in [2.75, 3.05) is 23.4 Å². The molecule has 1 N–H and O–H groups in total. The molecule has 28 heavy (non-hydrogen) atoms. The highest BCUT2D eigenvalue weighted by Gasteiger charge is 2.36. The van der Waals surface area contributed by atoms with E-state index in [4.69, 9.17) is 16.3 Å². The fourth-order valence-electron chi connectivity index (χ4n) is 2.91. The van der Waals surface area contributed by atoms with Crippen LogP contribution in [-0.4, -0.2) is 30.9 Å². The summed E-state index contributed by atoms with van der Waals surface area (Å²) < 4.78 is 18.1. The van der Waals surface area contributed by atoms with Crippen molar-refractivity contribution in [2.24, 2.45) is 5.92 Å². The maximum absolute atomic E-state index is 13.0. The van der Waals surface area contributed by atoms with Gasteiger partial charge in [-0.05, 0) is 48.9 Å². The molecular weight excluding hydrogens is 387 g/mol. The van der Waals surface area contributed by atoms with Crippen molar-refractivity contribution in [3.05, 3.63) is 58.9 Å². The maximum atomic E-state index is 13.0. The summed E-state index contributed by atoms with van der Waals surface area (Å²) in [6, 6.07) is 10.5. The van der Waals surface area contributed by atoms with Crippen molar-refractivity contribution in [2.45, 2.75) is 13.3 Å². The first-order valence-corrected chi connectivity index (χ1v) is 9.00. The molecule has 0 aromatic heterocycles. The predicted molar refractivity (Wildman–Crippen MR) is 103 cm³/mol. The van der Waals surface area contributed by atoms with E-state index in [0.29, 0.717) is 16.4 Å². The van der Waals surface area contributed by atoms with Crippen molar-refractivity contribution in [3.63, 3.8) is 0 Å². The van der Waals surface area contributed by atoms with Gasteiger partial charge in [0.1, 0.15) is 5.82 Å². The largest absolute Gasteiger partial charge is 0.455 e. The summed E-state index contributed by atoms with van der Waals surface area (Å²) in [5, 5.41) is 3.11. The Morgan fingerprint density at radius 3 is 2.68 bits per heavy atom. The number of nitrogens with zero attached hydrogens (tertiary/aromatic N) is 1. The van der Waals surface area contributed by atoms with Gasteiger partial charge in [0.2, 0.25) is 5.91 Å². The van der Waals surface area contributed by atoms with Gasteiger partial charge in [-0.3, -0.25) is 14.4 Å². The molecule has 0 radical (unpaired) electrons. The van der Waals surface area contributed by atoms with Gasteiger partial charge < -0.3 is 15.0 Å². The number of anilines is 2. The van der Waals surface area contributed by atoms with E-state index in [1.54, 1.807) is 18.2 Å². The number of hydrogen-bond donors (Lipinski definition) is 1. The van der Waals surface area contributed by atoms with Crippen LogP contribution < -0.4 is 10.2 Å². The average molecular weight is 405 g/mol. The second-order valence-corrected chi connectivity index (χ2v) is 6.93. The van der Waals surface area contributed by atoms with E-state index in [1.165, 1.54) is 29.2 Å². The number of ether oxygens (including phenoxy) is 1. The minimum atomic E-state index is -0.682. The van der Waals surface area contributed by atoms with Crippen LogP contribution in [0.1, 0.15) is 12.0 Å². The summed E-state index contributed by atoms with van der Waals surface area (Å²) >= 11 is 5.91. The second kappa shape index (κ2) is 8.39. The molecule has 6 nitrogen and oxygen atoms in total. The molecule has 1 fully saturated rings. The van der Waals surface area contributed by atoms with Gasteiger partial charge in [0, 0.05) is 29.4 Å². The highest BCUT2D eigenvalue weighted by atomic mass is 35.5. The summed E-state index contributed by atoms with van der Waals surface area (Å²) in [7, 11) is 0. The molecule has 0 unspecified atom stereocenters. The molecule has 1 aliphatic rings. The summed E-state index contributed by atoms with van der Waals surface area (Å²) in [4.78, 5) is 37.8. The number of benzene rings is 2. The van der Waals surface area contributed by atoms with E-state index in [9.17, 15) is 18.8 Å². The highest BCUT2D eigenvalue weighted by molar-refractivity contribution is 6.31. The Labute approximate surface area is 166 Å². The molecule has 3 rings (SSSR count). The van der Waals surface area contributed by atoms with E-state index in [-0.39, 0.29) is 18.9 Å². The quantitative estimate of drug-likeness (QED) is 0.776. The van der Waals surface area contributed by atoms with Gasteiger partial charge in [-0.25, -0.2) is 4.39 Å². The molecule has 0 aliphatic carbocycles. The van der Waals surface area contributed by atoms with Crippen LogP contribution in [0.5, 0.6) is 0 Å². The van der Waals surface area contributed by atoms with Crippen molar-refractivity contribution in [1.82, 2.24) is 0 Å². The Kier molecular flexibility index (Phi) is 5.94. The summed E-state index contributed by atoms with van der Waals surface area (Å²) in [5.74, 6) is -2.48. The Hall–Kier alpha value is -2.93. The minimum absolute atomic E-state index is 0.0226. The lowest BCUT2D eigenvalue weighted by molar-refractivity contribution is -0.151. The van der Waals surface area contributed by atoms with Crippen LogP contribution in [0.25, 0.3) is 0 Å². The number of rotatable bonds is 5. The fourth-order valence-corrected chi connectivity index (χ4v) is 3.08.